The Morgan fingerprint density at radius 3 is 2.08 bits per heavy atom. The third kappa shape index (κ3) is 6.81. The summed E-state index contributed by atoms with van der Waals surface area (Å²) in [4.78, 5) is 12.1. The van der Waals surface area contributed by atoms with Crippen LogP contribution in [0, 0.1) is 5.92 Å². The highest BCUT2D eigenvalue weighted by Gasteiger charge is 2.27. The molecular weight excluding hydrogens is 510 g/mol. The smallest absolute Gasteiger partial charge is 0.307 e. The van der Waals surface area contributed by atoms with Gasteiger partial charge in [-0.15, -0.1) is 5.10 Å². The third-order valence-electron chi connectivity index (χ3n) is 6.90. The van der Waals surface area contributed by atoms with Crippen LogP contribution < -0.4 is 0 Å². The summed E-state index contributed by atoms with van der Waals surface area (Å²) < 4.78 is 27.6. The van der Waals surface area contributed by atoms with E-state index in [1.54, 1.807) is 28.9 Å². The van der Waals surface area contributed by atoms with Crippen LogP contribution in [0.4, 0.5) is 0 Å². The van der Waals surface area contributed by atoms with Crippen LogP contribution in [-0.2, 0) is 26.5 Å². The lowest BCUT2D eigenvalue weighted by Crippen LogP contribution is -2.26. The second-order valence-corrected chi connectivity index (χ2v) is 13.3. The number of hydrogen-bond donors (Lipinski definition) is 1. The van der Waals surface area contributed by atoms with Gasteiger partial charge in [-0.2, -0.15) is 0 Å². The molecule has 204 valence electrons. The molecule has 7 nitrogen and oxygen atoms in total. The van der Waals surface area contributed by atoms with E-state index in [9.17, 15) is 18.3 Å². The molecule has 0 spiro atoms. The standard InChI is InChI=1S/C31H35N3O4S/c1-21(2)23-10-16-28(17-11-23)39(37,38)20-25(30(35)36)18-22-6-8-24(9-7-22)29-19-34(33-32-29)27-14-12-26(13-15-27)31(3,4)5/h6-17,19,21,25H,18,20H2,1-5H3,(H,35,36). The molecule has 1 heterocycles. The van der Waals surface area contributed by atoms with Crippen LogP contribution in [-0.4, -0.2) is 40.2 Å². The first-order valence-electron chi connectivity index (χ1n) is 13.0. The summed E-state index contributed by atoms with van der Waals surface area (Å²) in [7, 11) is -3.75. The van der Waals surface area contributed by atoms with Crippen molar-refractivity contribution in [3.05, 3.63) is 95.7 Å². The summed E-state index contributed by atoms with van der Waals surface area (Å²) in [6.07, 6.45) is 1.95. The van der Waals surface area contributed by atoms with Crippen LogP contribution >= 0.6 is 0 Å². The van der Waals surface area contributed by atoms with Gasteiger partial charge in [0.2, 0.25) is 0 Å². The number of sulfone groups is 1. The van der Waals surface area contributed by atoms with E-state index in [0.717, 1.165) is 22.4 Å². The molecule has 3 aromatic carbocycles. The lowest BCUT2D eigenvalue weighted by molar-refractivity contribution is -0.140. The summed E-state index contributed by atoms with van der Waals surface area (Å²) in [5.74, 6) is -2.39. The fourth-order valence-electron chi connectivity index (χ4n) is 4.37. The van der Waals surface area contributed by atoms with Crippen molar-refractivity contribution < 1.29 is 18.3 Å². The summed E-state index contributed by atoms with van der Waals surface area (Å²) in [6.45, 7) is 10.6. The Kier molecular flexibility index (Phi) is 8.07. The summed E-state index contributed by atoms with van der Waals surface area (Å²) >= 11 is 0. The first-order valence-corrected chi connectivity index (χ1v) is 14.7. The van der Waals surface area contributed by atoms with Gasteiger partial charge in [0.05, 0.1) is 28.5 Å². The molecule has 0 saturated heterocycles. The van der Waals surface area contributed by atoms with E-state index in [4.69, 9.17) is 0 Å². The van der Waals surface area contributed by atoms with Crippen LogP contribution in [0.1, 0.15) is 57.2 Å². The van der Waals surface area contributed by atoms with E-state index in [0.29, 0.717) is 5.69 Å². The molecule has 0 aliphatic rings. The van der Waals surface area contributed by atoms with Gasteiger partial charge in [-0.3, -0.25) is 4.79 Å². The van der Waals surface area contributed by atoms with Gasteiger partial charge in [-0.25, -0.2) is 13.1 Å². The summed E-state index contributed by atoms with van der Waals surface area (Å²) in [5.41, 5.74) is 5.49. The van der Waals surface area contributed by atoms with E-state index in [-0.39, 0.29) is 22.6 Å². The largest absolute Gasteiger partial charge is 0.481 e. The number of carboxylic acid groups (broad SMARTS) is 1. The van der Waals surface area contributed by atoms with Crippen molar-refractivity contribution in [1.29, 1.82) is 0 Å². The van der Waals surface area contributed by atoms with Crippen LogP contribution in [0.15, 0.2) is 83.9 Å². The van der Waals surface area contributed by atoms with E-state index >= 15 is 0 Å². The zero-order chi connectivity index (χ0) is 28.4. The molecule has 0 fully saturated rings. The fraction of sp³-hybridized carbons (Fsp3) is 0.323. The quantitative estimate of drug-likeness (QED) is 0.274. The highest BCUT2D eigenvalue weighted by Crippen LogP contribution is 2.25. The number of carbonyl (C=O) groups is 1. The topological polar surface area (TPSA) is 102 Å². The second kappa shape index (κ2) is 11.1. The zero-order valence-electron chi connectivity index (χ0n) is 23.0. The molecule has 1 atom stereocenters. The van der Waals surface area contributed by atoms with Gasteiger partial charge in [0, 0.05) is 5.56 Å². The van der Waals surface area contributed by atoms with Gasteiger partial charge in [-0.05, 0) is 58.7 Å². The summed E-state index contributed by atoms with van der Waals surface area (Å²) in [5, 5.41) is 18.3. The van der Waals surface area contributed by atoms with Crippen molar-refractivity contribution in [2.75, 3.05) is 5.75 Å². The third-order valence-corrected chi connectivity index (χ3v) is 8.73. The van der Waals surface area contributed by atoms with Crippen molar-refractivity contribution >= 4 is 15.8 Å². The maximum absolute atomic E-state index is 13.0. The average molecular weight is 546 g/mol. The Morgan fingerprint density at radius 2 is 1.54 bits per heavy atom. The molecular formula is C31H35N3O4S. The van der Waals surface area contributed by atoms with E-state index < -0.39 is 27.5 Å². The van der Waals surface area contributed by atoms with Gasteiger partial charge >= 0.3 is 5.97 Å². The van der Waals surface area contributed by atoms with Crippen molar-refractivity contribution in [2.24, 2.45) is 5.92 Å². The Morgan fingerprint density at radius 1 is 0.923 bits per heavy atom. The normalized spacial score (nSPS) is 13.0. The number of aromatic nitrogens is 3. The molecule has 4 aromatic rings. The van der Waals surface area contributed by atoms with Gasteiger partial charge in [0.1, 0.15) is 5.69 Å². The molecule has 39 heavy (non-hydrogen) atoms. The Labute approximate surface area is 230 Å². The van der Waals surface area contributed by atoms with Crippen LogP contribution in [0.25, 0.3) is 16.9 Å². The molecule has 0 saturated carbocycles. The van der Waals surface area contributed by atoms with E-state index in [1.165, 1.54) is 5.56 Å². The maximum atomic E-state index is 13.0. The minimum Gasteiger partial charge on any atom is -0.481 e. The number of rotatable bonds is 9. The molecule has 0 aliphatic carbocycles. The molecule has 4 rings (SSSR count). The molecule has 0 bridgehead atoms. The predicted molar refractivity (Wildman–Crippen MR) is 153 cm³/mol. The van der Waals surface area contributed by atoms with Crippen molar-refractivity contribution in [3.8, 4) is 16.9 Å². The van der Waals surface area contributed by atoms with Gasteiger partial charge < -0.3 is 5.11 Å². The lowest BCUT2D eigenvalue weighted by Gasteiger charge is -2.19. The second-order valence-electron chi connectivity index (χ2n) is 11.3. The van der Waals surface area contributed by atoms with E-state index in [1.807, 2.05) is 56.4 Å². The molecule has 0 aliphatic heterocycles. The zero-order valence-corrected chi connectivity index (χ0v) is 23.8. The first-order chi connectivity index (χ1) is 18.3. The van der Waals surface area contributed by atoms with Gasteiger partial charge in [0.25, 0.3) is 0 Å². The first kappa shape index (κ1) is 28.2. The van der Waals surface area contributed by atoms with Crippen LogP contribution in [0.3, 0.4) is 0 Å². The van der Waals surface area contributed by atoms with Gasteiger partial charge in [0.15, 0.2) is 9.84 Å². The van der Waals surface area contributed by atoms with Crippen molar-refractivity contribution in [3.63, 3.8) is 0 Å². The molecule has 1 N–H and O–H groups in total. The Bertz CT molecular complexity index is 1530. The highest BCUT2D eigenvalue weighted by molar-refractivity contribution is 7.91. The minimum atomic E-state index is -3.75. The monoisotopic (exact) mass is 545 g/mol. The Balaban J connectivity index is 1.46. The predicted octanol–water partition coefficient (Wildman–Crippen LogP) is 6.07. The van der Waals surface area contributed by atoms with Crippen LogP contribution in [0.2, 0.25) is 0 Å². The minimum absolute atomic E-state index is 0.0662. The fourth-order valence-corrected chi connectivity index (χ4v) is 5.90. The number of aliphatic carboxylic acids is 1. The lowest BCUT2D eigenvalue weighted by atomic mass is 9.87. The van der Waals surface area contributed by atoms with Gasteiger partial charge in [-0.1, -0.05) is 88.4 Å². The van der Waals surface area contributed by atoms with Crippen LogP contribution in [0.5, 0.6) is 0 Å². The SMILES string of the molecule is CC(C)c1ccc(S(=O)(=O)CC(Cc2ccc(-c3cn(-c4ccc(C(C)(C)C)cc4)nn3)cc2)C(=O)O)cc1. The number of benzene rings is 3. The molecule has 0 amide bonds. The number of carboxylic acids is 1. The van der Waals surface area contributed by atoms with Crippen molar-refractivity contribution in [2.45, 2.75) is 57.3 Å². The molecule has 1 aromatic heterocycles. The van der Waals surface area contributed by atoms with Crippen molar-refractivity contribution in [1.82, 2.24) is 15.0 Å². The van der Waals surface area contributed by atoms with E-state index in [2.05, 4.69) is 43.2 Å². The Hall–Kier alpha value is -3.78. The molecule has 1 unspecified atom stereocenters. The number of hydrogen-bond acceptors (Lipinski definition) is 5. The molecule has 0 radical (unpaired) electrons. The average Bonchev–Trinajstić information content (AvgIpc) is 3.38. The number of nitrogens with zero attached hydrogens (tertiary/aromatic N) is 3. The summed E-state index contributed by atoms with van der Waals surface area (Å²) in [6, 6.07) is 22.2. The molecule has 8 heteroatoms. The maximum Gasteiger partial charge on any atom is 0.307 e. The highest BCUT2D eigenvalue weighted by atomic mass is 32.2.